The number of carboxylic acid groups (broad SMARTS) is 1. The molecule has 0 aliphatic heterocycles. The highest BCUT2D eigenvalue weighted by atomic mass is 16.4. The molecule has 112 valence electrons. The summed E-state index contributed by atoms with van der Waals surface area (Å²) in [5.41, 5.74) is 0. The summed E-state index contributed by atoms with van der Waals surface area (Å²) in [6.07, 6.45) is 7.50. The first-order valence-electron chi connectivity index (χ1n) is 7.53. The molecule has 0 fully saturated rings. The SMILES string of the molecule is CCCCCCCCC(=O)N(CC)CC(C)C(=O)O. The third kappa shape index (κ3) is 8.62. The van der Waals surface area contributed by atoms with E-state index >= 15 is 0 Å². The van der Waals surface area contributed by atoms with Gasteiger partial charge in [0, 0.05) is 19.5 Å². The molecule has 1 unspecified atom stereocenters. The molecule has 0 spiro atoms. The molecule has 4 heteroatoms. The first-order valence-corrected chi connectivity index (χ1v) is 7.53. The number of carbonyl (C=O) groups is 2. The van der Waals surface area contributed by atoms with Gasteiger partial charge in [-0.15, -0.1) is 0 Å². The zero-order valence-electron chi connectivity index (χ0n) is 12.7. The standard InChI is InChI=1S/C15H29NO3/c1-4-6-7-8-9-10-11-14(17)16(5-2)12-13(3)15(18)19/h13H,4-12H2,1-3H3,(H,18,19). The number of carboxylic acids is 1. The molecule has 0 aromatic rings. The zero-order chi connectivity index (χ0) is 14.7. The molecular weight excluding hydrogens is 242 g/mol. The van der Waals surface area contributed by atoms with Crippen LogP contribution in [-0.2, 0) is 9.59 Å². The van der Waals surface area contributed by atoms with E-state index in [1.54, 1.807) is 11.8 Å². The van der Waals surface area contributed by atoms with E-state index in [1.165, 1.54) is 25.7 Å². The van der Waals surface area contributed by atoms with Crippen LogP contribution in [0.5, 0.6) is 0 Å². The molecule has 0 rings (SSSR count). The second kappa shape index (κ2) is 10.8. The van der Waals surface area contributed by atoms with E-state index in [4.69, 9.17) is 5.11 Å². The lowest BCUT2D eigenvalue weighted by molar-refractivity contribution is -0.143. The van der Waals surface area contributed by atoms with Crippen LogP contribution in [0.25, 0.3) is 0 Å². The number of amides is 1. The Morgan fingerprint density at radius 1 is 1.05 bits per heavy atom. The molecule has 1 amide bonds. The van der Waals surface area contributed by atoms with Gasteiger partial charge in [-0.1, -0.05) is 46.0 Å². The maximum atomic E-state index is 12.0. The van der Waals surface area contributed by atoms with Crippen LogP contribution in [0.3, 0.4) is 0 Å². The molecule has 0 aromatic heterocycles. The van der Waals surface area contributed by atoms with E-state index in [9.17, 15) is 9.59 Å². The van der Waals surface area contributed by atoms with Crippen molar-refractivity contribution in [3.8, 4) is 0 Å². The van der Waals surface area contributed by atoms with E-state index in [0.717, 1.165) is 12.8 Å². The number of hydrogen-bond acceptors (Lipinski definition) is 2. The van der Waals surface area contributed by atoms with Crippen molar-refractivity contribution >= 4 is 11.9 Å². The number of nitrogens with zero attached hydrogens (tertiary/aromatic N) is 1. The Kier molecular flexibility index (Phi) is 10.2. The van der Waals surface area contributed by atoms with Crippen molar-refractivity contribution in [3.05, 3.63) is 0 Å². The Morgan fingerprint density at radius 3 is 2.16 bits per heavy atom. The van der Waals surface area contributed by atoms with Crippen LogP contribution < -0.4 is 0 Å². The van der Waals surface area contributed by atoms with Crippen molar-refractivity contribution in [1.82, 2.24) is 4.90 Å². The third-order valence-corrected chi connectivity index (χ3v) is 3.39. The topological polar surface area (TPSA) is 57.6 Å². The van der Waals surface area contributed by atoms with Crippen molar-refractivity contribution in [2.24, 2.45) is 5.92 Å². The van der Waals surface area contributed by atoms with Crippen molar-refractivity contribution in [2.45, 2.75) is 65.7 Å². The first-order chi connectivity index (χ1) is 9.02. The van der Waals surface area contributed by atoms with Gasteiger partial charge in [0.15, 0.2) is 0 Å². The quantitative estimate of drug-likeness (QED) is 0.586. The van der Waals surface area contributed by atoms with E-state index in [0.29, 0.717) is 19.5 Å². The van der Waals surface area contributed by atoms with Gasteiger partial charge in [0.1, 0.15) is 0 Å². The van der Waals surface area contributed by atoms with Crippen molar-refractivity contribution in [3.63, 3.8) is 0 Å². The zero-order valence-corrected chi connectivity index (χ0v) is 12.7. The molecule has 0 aliphatic rings. The summed E-state index contributed by atoms with van der Waals surface area (Å²) in [6.45, 7) is 6.63. The van der Waals surface area contributed by atoms with Gasteiger partial charge < -0.3 is 10.0 Å². The van der Waals surface area contributed by atoms with Crippen molar-refractivity contribution < 1.29 is 14.7 Å². The molecular formula is C15H29NO3. The van der Waals surface area contributed by atoms with E-state index in [-0.39, 0.29) is 5.91 Å². The number of unbranched alkanes of at least 4 members (excludes halogenated alkanes) is 5. The Balaban J connectivity index is 3.85. The Labute approximate surface area is 117 Å². The molecule has 0 radical (unpaired) electrons. The minimum atomic E-state index is -0.842. The fourth-order valence-corrected chi connectivity index (χ4v) is 2.03. The molecule has 0 saturated heterocycles. The third-order valence-electron chi connectivity index (χ3n) is 3.39. The number of aliphatic carboxylic acids is 1. The van der Waals surface area contributed by atoms with Crippen LogP contribution in [0, 0.1) is 5.92 Å². The monoisotopic (exact) mass is 271 g/mol. The number of carbonyl (C=O) groups excluding carboxylic acids is 1. The van der Waals surface area contributed by atoms with Gasteiger partial charge in [0.25, 0.3) is 0 Å². The van der Waals surface area contributed by atoms with Gasteiger partial charge in [0.05, 0.1) is 5.92 Å². The highest BCUT2D eigenvalue weighted by Gasteiger charge is 2.18. The lowest BCUT2D eigenvalue weighted by atomic mass is 10.1. The average molecular weight is 271 g/mol. The van der Waals surface area contributed by atoms with Crippen LogP contribution in [-0.4, -0.2) is 35.0 Å². The summed E-state index contributed by atoms with van der Waals surface area (Å²) in [6, 6.07) is 0. The van der Waals surface area contributed by atoms with Gasteiger partial charge in [0.2, 0.25) is 5.91 Å². The lowest BCUT2D eigenvalue weighted by Crippen LogP contribution is -2.36. The van der Waals surface area contributed by atoms with Gasteiger partial charge in [-0.25, -0.2) is 0 Å². The summed E-state index contributed by atoms with van der Waals surface area (Å²) in [5.74, 6) is -1.25. The molecule has 0 bridgehead atoms. The summed E-state index contributed by atoms with van der Waals surface area (Å²) in [7, 11) is 0. The van der Waals surface area contributed by atoms with Crippen molar-refractivity contribution in [2.75, 3.05) is 13.1 Å². The van der Waals surface area contributed by atoms with E-state index in [2.05, 4.69) is 6.92 Å². The summed E-state index contributed by atoms with van der Waals surface area (Å²) < 4.78 is 0. The fourth-order valence-electron chi connectivity index (χ4n) is 2.03. The molecule has 0 aromatic carbocycles. The largest absolute Gasteiger partial charge is 0.481 e. The van der Waals surface area contributed by atoms with Crippen LogP contribution in [0.4, 0.5) is 0 Å². The second-order valence-electron chi connectivity index (χ2n) is 5.19. The Morgan fingerprint density at radius 2 is 1.63 bits per heavy atom. The summed E-state index contributed by atoms with van der Waals surface area (Å²) >= 11 is 0. The van der Waals surface area contributed by atoms with E-state index in [1.807, 2.05) is 6.92 Å². The molecule has 0 heterocycles. The first kappa shape index (κ1) is 17.9. The van der Waals surface area contributed by atoms with Crippen LogP contribution in [0.2, 0.25) is 0 Å². The Hall–Kier alpha value is -1.06. The van der Waals surface area contributed by atoms with Crippen molar-refractivity contribution in [1.29, 1.82) is 0 Å². The van der Waals surface area contributed by atoms with E-state index < -0.39 is 11.9 Å². The maximum Gasteiger partial charge on any atom is 0.308 e. The predicted octanol–water partition coefficient (Wildman–Crippen LogP) is 3.31. The maximum absolute atomic E-state index is 12.0. The van der Waals surface area contributed by atoms with Crippen LogP contribution in [0.15, 0.2) is 0 Å². The Bertz CT molecular complexity index is 266. The van der Waals surface area contributed by atoms with Crippen LogP contribution >= 0.6 is 0 Å². The summed E-state index contributed by atoms with van der Waals surface area (Å²) in [5, 5.41) is 8.87. The fraction of sp³-hybridized carbons (Fsp3) is 0.867. The number of rotatable bonds is 11. The second-order valence-corrected chi connectivity index (χ2v) is 5.19. The molecule has 0 aliphatic carbocycles. The van der Waals surface area contributed by atoms with Gasteiger partial charge in [-0.2, -0.15) is 0 Å². The van der Waals surface area contributed by atoms with Gasteiger partial charge in [-0.05, 0) is 13.3 Å². The molecule has 4 nitrogen and oxygen atoms in total. The van der Waals surface area contributed by atoms with Gasteiger partial charge >= 0.3 is 5.97 Å². The van der Waals surface area contributed by atoms with Gasteiger partial charge in [-0.3, -0.25) is 9.59 Å². The average Bonchev–Trinajstić information content (AvgIpc) is 2.39. The molecule has 1 atom stereocenters. The molecule has 0 saturated carbocycles. The highest BCUT2D eigenvalue weighted by Crippen LogP contribution is 2.09. The predicted molar refractivity (Wildman–Crippen MR) is 77.0 cm³/mol. The minimum absolute atomic E-state index is 0.0890. The number of hydrogen-bond donors (Lipinski definition) is 1. The molecule has 19 heavy (non-hydrogen) atoms. The normalized spacial score (nSPS) is 12.2. The lowest BCUT2D eigenvalue weighted by Gasteiger charge is -2.22. The molecule has 1 N–H and O–H groups in total. The summed E-state index contributed by atoms with van der Waals surface area (Å²) in [4.78, 5) is 24.4. The highest BCUT2D eigenvalue weighted by molar-refractivity contribution is 5.77. The van der Waals surface area contributed by atoms with Crippen LogP contribution in [0.1, 0.15) is 65.7 Å². The smallest absolute Gasteiger partial charge is 0.308 e. The minimum Gasteiger partial charge on any atom is -0.481 e.